The van der Waals surface area contributed by atoms with E-state index in [0.717, 1.165) is 6.26 Å². The molecule has 0 fully saturated rings. The fourth-order valence-electron chi connectivity index (χ4n) is 2.05. The molecule has 0 aromatic heterocycles. The zero-order chi connectivity index (χ0) is 15.6. The second-order valence-electron chi connectivity index (χ2n) is 4.43. The molecule has 0 atom stereocenters. The molecule has 1 aliphatic rings. The Kier molecular flexibility index (Phi) is 4.25. The molecule has 108 valence electrons. The molecule has 0 spiro atoms. The van der Waals surface area contributed by atoms with Gasteiger partial charge in [-0.2, -0.15) is 0 Å². The molecule has 0 unspecified atom stereocenters. The molecule has 0 amide bonds. The third kappa shape index (κ3) is 3.56. The van der Waals surface area contributed by atoms with Gasteiger partial charge in [0.25, 0.3) is 0 Å². The average molecular weight is 323 g/mol. The normalized spacial score (nSPS) is 12.9. The molecular formula is C15H11ClO4S. The first-order valence-corrected chi connectivity index (χ1v) is 8.68. The number of ketones is 2. The van der Waals surface area contributed by atoms with Crippen LogP contribution in [-0.4, -0.2) is 26.2 Å². The van der Waals surface area contributed by atoms with E-state index in [0.29, 0.717) is 22.3 Å². The Labute approximate surface area is 126 Å². The molecule has 0 aliphatic heterocycles. The molecule has 1 aliphatic carbocycles. The molecule has 2 aromatic carbocycles. The van der Waals surface area contributed by atoms with E-state index >= 15 is 0 Å². The van der Waals surface area contributed by atoms with Crippen molar-refractivity contribution in [3.05, 3.63) is 70.8 Å². The summed E-state index contributed by atoms with van der Waals surface area (Å²) in [6.07, 6.45) is 0.925. The molecule has 2 aromatic rings. The van der Waals surface area contributed by atoms with Gasteiger partial charge in [0.1, 0.15) is 0 Å². The molecule has 0 heterocycles. The Balaban J connectivity index is 0.000000282. The topological polar surface area (TPSA) is 68.3 Å². The van der Waals surface area contributed by atoms with Gasteiger partial charge in [0.15, 0.2) is 11.6 Å². The van der Waals surface area contributed by atoms with Crippen LogP contribution >= 0.6 is 10.7 Å². The lowest BCUT2D eigenvalue weighted by Gasteiger charge is -2.16. The van der Waals surface area contributed by atoms with Gasteiger partial charge in [-0.05, 0) is 0 Å². The molecule has 0 bridgehead atoms. The largest absolute Gasteiger partial charge is 0.289 e. The van der Waals surface area contributed by atoms with Gasteiger partial charge in [0.2, 0.25) is 9.05 Å². The van der Waals surface area contributed by atoms with Gasteiger partial charge in [-0.15, -0.1) is 0 Å². The minimum atomic E-state index is -3.19. The summed E-state index contributed by atoms with van der Waals surface area (Å²) >= 11 is 0. The third-order valence-electron chi connectivity index (χ3n) is 2.83. The predicted molar refractivity (Wildman–Crippen MR) is 80.4 cm³/mol. The lowest BCUT2D eigenvalue weighted by Crippen LogP contribution is -2.20. The maximum atomic E-state index is 12.1. The second kappa shape index (κ2) is 5.79. The van der Waals surface area contributed by atoms with Crippen LogP contribution in [0, 0.1) is 0 Å². The van der Waals surface area contributed by atoms with E-state index in [1.807, 2.05) is 0 Å². The van der Waals surface area contributed by atoms with Crippen molar-refractivity contribution in [1.82, 2.24) is 0 Å². The highest BCUT2D eigenvalue weighted by Crippen LogP contribution is 2.26. The van der Waals surface area contributed by atoms with Crippen LogP contribution in [0.2, 0.25) is 0 Å². The van der Waals surface area contributed by atoms with Gasteiger partial charge >= 0.3 is 0 Å². The van der Waals surface area contributed by atoms with Crippen LogP contribution in [-0.2, 0) is 9.05 Å². The predicted octanol–water partition coefficient (Wildman–Crippen LogP) is 2.65. The van der Waals surface area contributed by atoms with Crippen molar-refractivity contribution in [2.24, 2.45) is 0 Å². The monoisotopic (exact) mass is 322 g/mol. The Morgan fingerprint density at radius 2 is 0.905 bits per heavy atom. The maximum absolute atomic E-state index is 12.1. The summed E-state index contributed by atoms with van der Waals surface area (Å²) in [6.45, 7) is 0. The molecule has 0 saturated carbocycles. The summed E-state index contributed by atoms with van der Waals surface area (Å²) < 4.78 is 18.8. The van der Waals surface area contributed by atoms with Crippen LogP contribution in [0.15, 0.2) is 48.5 Å². The summed E-state index contributed by atoms with van der Waals surface area (Å²) in [6, 6.07) is 13.9. The van der Waals surface area contributed by atoms with Crippen molar-refractivity contribution < 1.29 is 18.0 Å². The van der Waals surface area contributed by atoms with Gasteiger partial charge in [0, 0.05) is 32.9 Å². The van der Waals surface area contributed by atoms with Gasteiger partial charge in [-0.1, -0.05) is 48.5 Å². The lowest BCUT2D eigenvalue weighted by molar-refractivity contribution is 0.0979. The van der Waals surface area contributed by atoms with Crippen LogP contribution in [0.3, 0.4) is 0 Å². The van der Waals surface area contributed by atoms with Crippen LogP contribution < -0.4 is 0 Å². The SMILES string of the molecule is CS(=O)(=O)Cl.O=C1c2ccccc2C(=O)c2ccccc21. The average Bonchev–Trinajstić information content (AvgIpc) is 2.43. The number of rotatable bonds is 0. The molecular weight excluding hydrogens is 312 g/mol. The van der Waals surface area contributed by atoms with Crippen molar-refractivity contribution >= 4 is 31.3 Å². The number of fused-ring (bicyclic) bond motifs is 2. The second-order valence-corrected chi connectivity index (χ2v) is 7.48. The van der Waals surface area contributed by atoms with Crippen LogP contribution in [0.1, 0.15) is 31.8 Å². The summed E-state index contributed by atoms with van der Waals surface area (Å²) in [4.78, 5) is 24.2. The van der Waals surface area contributed by atoms with E-state index in [4.69, 9.17) is 0 Å². The van der Waals surface area contributed by atoms with Crippen LogP contribution in [0.4, 0.5) is 0 Å². The molecule has 0 radical (unpaired) electrons. The highest BCUT2D eigenvalue weighted by molar-refractivity contribution is 8.13. The first kappa shape index (κ1) is 15.4. The van der Waals surface area contributed by atoms with E-state index in [1.165, 1.54) is 0 Å². The summed E-state index contributed by atoms with van der Waals surface area (Å²) in [7, 11) is 1.31. The third-order valence-corrected chi connectivity index (χ3v) is 2.83. The van der Waals surface area contributed by atoms with Crippen LogP contribution in [0.5, 0.6) is 0 Å². The van der Waals surface area contributed by atoms with E-state index in [1.54, 1.807) is 48.5 Å². The van der Waals surface area contributed by atoms with Crippen molar-refractivity contribution in [3.8, 4) is 0 Å². The van der Waals surface area contributed by atoms with Crippen LogP contribution in [0.25, 0.3) is 0 Å². The Bertz CT molecular complexity index is 712. The van der Waals surface area contributed by atoms with Gasteiger partial charge in [-0.3, -0.25) is 9.59 Å². The quantitative estimate of drug-likeness (QED) is 0.597. The minimum Gasteiger partial charge on any atom is -0.289 e. The minimum absolute atomic E-state index is 0.0641. The highest BCUT2D eigenvalue weighted by atomic mass is 35.7. The van der Waals surface area contributed by atoms with E-state index in [-0.39, 0.29) is 11.6 Å². The van der Waals surface area contributed by atoms with Gasteiger partial charge in [-0.25, -0.2) is 8.42 Å². The summed E-state index contributed by atoms with van der Waals surface area (Å²) in [5, 5.41) is 0. The number of halogens is 1. The van der Waals surface area contributed by atoms with E-state index in [2.05, 4.69) is 10.7 Å². The maximum Gasteiger partial charge on any atom is 0.229 e. The number of benzene rings is 2. The highest BCUT2D eigenvalue weighted by Gasteiger charge is 2.28. The number of carbonyl (C=O) groups excluding carboxylic acids is 2. The number of carbonyl (C=O) groups is 2. The molecule has 0 saturated heterocycles. The zero-order valence-corrected chi connectivity index (χ0v) is 12.6. The summed E-state index contributed by atoms with van der Waals surface area (Å²) in [5.74, 6) is -0.128. The fourth-order valence-corrected chi connectivity index (χ4v) is 2.05. The first-order chi connectivity index (χ1) is 9.79. The molecule has 6 heteroatoms. The first-order valence-electron chi connectivity index (χ1n) is 5.96. The van der Waals surface area contributed by atoms with Gasteiger partial charge < -0.3 is 0 Å². The van der Waals surface area contributed by atoms with Crippen molar-refractivity contribution in [2.75, 3.05) is 6.26 Å². The lowest BCUT2D eigenvalue weighted by atomic mass is 9.84. The fraction of sp³-hybridized carbons (Fsp3) is 0.0667. The number of hydrogen-bond donors (Lipinski definition) is 0. The Hall–Kier alpha value is -1.98. The molecule has 0 N–H and O–H groups in total. The van der Waals surface area contributed by atoms with E-state index in [9.17, 15) is 18.0 Å². The van der Waals surface area contributed by atoms with Crippen molar-refractivity contribution in [1.29, 1.82) is 0 Å². The van der Waals surface area contributed by atoms with Crippen molar-refractivity contribution in [2.45, 2.75) is 0 Å². The Morgan fingerprint density at radius 1 is 0.714 bits per heavy atom. The van der Waals surface area contributed by atoms with Gasteiger partial charge in [0.05, 0.1) is 6.26 Å². The molecule has 3 rings (SSSR count). The zero-order valence-electron chi connectivity index (χ0n) is 11.0. The Morgan fingerprint density at radius 3 is 1.10 bits per heavy atom. The van der Waals surface area contributed by atoms with E-state index < -0.39 is 9.05 Å². The smallest absolute Gasteiger partial charge is 0.229 e. The number of hydrogen-bond acceptors (Lipinski definition) is 4. The standard InChI is InChI=1S/C14H8O2.CH3ClO2S/c15-13-9-5-1-2-6-10(9)14(16)12-8-4-3-7-11(12)13;1-5(2,3)4/h1-8H;1H3. The molecule has 21 heavy (non-hydrogen) atoms. The summed E-state index contributed by atoms with van der Waals surface area (Å²) in [5.41, 5.74) is 2.02. The molecule has 4 nitrogen and oxygen atoms in total. The van der Waals surface area contributed by atoms with Crippen molar-refractivity contribution in [3.63, 3.8) is 0 Å².